The Morgan fingerprint density at radius 2 is 2.00 bits per heavy atom. The molecule has 0 aliphatic carbocycles. The van der Waals surface area contributed by atoms with Crippen molar-refractivity contribution in [3.05, 3.63) is 28.2 Å². The summed E-state index contributed by atoms with van der Waals surface area (Å²) in [6.45, 7) is 7.24. The topological polar surface area (TPSA) is 6.48 Å². The van der Waals surface area contributed by atoms with Crippen molar-refractivity contribution >= 4 is 21.6 Å². The van der Waals surface area contributed by atoms with E-state index in [-0.39, 0.29) is 0 Å². The third-order valence-electron chi connectivity index (χ3n) is 4.30. The van der Waals surface area contributed by atoms with Crippen molar-refractivity contribution in [1.29, 1.82) is 0 Å². The Morgan fingerprint density at radius 3 is 2.83 bits per heavy atom. The highest BCUT2D eigenvalue weighted by atomic mass is 79.9. The van der Waals surface area contributed by atoms with Gasteiger partial charge in [-0.1, -0.05) is 15.9 Å². The van der Waals surface area contributed by atoms with E-state index in [0.29, 0.717) is 0 Å². The lowest BCUT2D eigenvalue weighted by Gasteiger charge is -2.28. The molecule has 0 saturated carbocycles. The average Bonchev–Trinajstić information content (AvgIpc) is 2.67. The zero-order chi connectivity index (χ0) is 12.5. The molecule has 2 saturated heterocycles. The van der Waals surface area contributed by atoms with E-state index in [1.165, 1.54) is 61.2 Å². The number of benzene rings is 1. The first-order chi connectivity index (χ1) is 8.74. The highest BCUT2D eigenvalue weighted by Crippen LogP contribution is 2.28. The molecule has 18 heavy (non-hydrogen) atoms. The summed E-state index contributed by atoms with van der Waals surface area (Å²) < 4.78 is 1.18. The van der Waals surface area contributed by atoms with Crippen molar-refractivity contribution in [2.75, 3.05) is 31.1 Å². The predicted octanol–water partition coefficient (Wildman–Crippen LogP) is 3.43. The molecule has 0 spiro atoms. The van der Waals surface area contributed by atoms with Gasteiger partial charge in [0.2, 0.25) is 0 Å². The molecule has 0 amide bonds. The molecular formula is C15H21BrN2. The monoisotopic (exact) mass is 308 g/mol. The molecule has 1 unspecified atom stereocenters. The molecule has 1 atom stereocenters. The van der Waals surface area contributed by atoms with E-state index in [0.717, 1.165) is 6.04 Å². The summed E-state index contributed by atoms with van der Waals surface area (Å²) in [6, 6.07) is 7.45. The number of anilines is 1. The number of nitrogens with zero attached hydrogens (tertiary/aromatic N) is 2. The van der Waals surface area contributed by atoms with Crippen LogP contribution in [0.3, 0.4) is 0 Å². The molecule has 0 N–H and O–H groups in total. The zero-order valence-electron chi connectivity index (χ0n) is 11.0. The molecule has 2 fully saturated rings. The lowest BCUT2D eigenvalue weighted by Crippen LogP contribution is -2.36. The third kappa shape index (κ3) is 2.43. The summed E-state index contributed by atoms with van der Waals surface area (Å²) >= 11 is 3.55. The molecule has 2 aliphatic heterocycles. The van der Waals surface area contributed by atoms with Crippen LogP contribution in [0.1, 0.15) is 24.8 Å². The minimum Gasteiger partial charge on any atom is -0.370 e. The SMILES string of the molecule is Cc1cc(Br)ccc1N1CCCN2CCCC2C1. The molecular weight excluding hydrogens is 288 g/mol. The molecule has 98 valence electrons. The minimum absolute atomic E-state index is 0.788. The molecule has 0 radical (unpaired) electrons. The predicted molar refractivity (Wildman–Crippen MR) is 80.3 cm³/mol. The van der Waals surface area contributed by atoms with Crippen LogP contribution in [-0.2, 0) is 0 Å². The molecule has 3 heteroatoms. The number of aryl methyl sites for hydroxylation is 1. The van der Waals surface area contributed by atoms with Crippen molar-refractivity contribution < 1.29 is 0 Å². The van der Waals surface area contributed by atoms with Gasteiger partial charge in [0, 0.05) is 35.8 Å². The maximum atomic E-state index is 3.55. The van der Waals surface area contributed by atoms with Crippen molar-refractivity contribution in [2.45, 2.75) is 32.2 Å². The van der Waals surface area contributed by atoms with Crippen LogP contribution in [0.4, 0.5) is 5.69 Å². The second kappa shape index (κ2) is 5.22. The van der Waals surface area contributed by atoms with Gasteiger partial charge in [-0.05, 0) is 56.5 Å². The number of halogens is 1. The summed E-state index contributed by atoms with van der Waals surface area (Å²) in [4.78, 5) is 5.28. The second-order valence-electron chi connectivity index (χ2n) is 5.56. The smallest absolute Gasteiger partial charge is 0.0397 e. The van der Waals surface area contributed by atoms with Crippen LogP contribution in [0.15, 0.2) is 22.7 Å². The van der Waals surface area contributed by atoms with Crippen molar-refractivity contribution in [1.82, 2.24) is 4.90 Å². The first-order valence-electron chi connectivity index (χ1n) is 6.99. The lowest BCUT2D eigenvalue weighted by molar-refractivity contribution is 0.273. The van der Waals surface area contributed by atoms with Gasteiger partial charge in [0.15, 0.2) is 0 Å². The first-order valence-corrected chi connectivity index (χ1v) is 7.78. The first kappa shape index (κ1) is 12.5. The average molecular weight is 309 g/mol. The lowest BCUT2D eigenvalue weighted by atomic mass is 10.1. The maximum absolute atomic E-state index is 3.55. The van der Waals surface area contributed by atoms with Crippen LogP contribution in [0.5, 0.6) is 0 Å². The van der Waals surface area contributed by atoms with E-state index in [4.69, 9.17) is 0 Å². The van der Waals surface area contributed by atoms with E-state index in [9.17, 15) is 0 Å². The van der Waals surface area contributed by atoms with E-state index < -0.39 is 0 Å². The summed E-state index contributed by atoms with van der Waals surface area (Å²) in [6.07, 6.45) is 4.07. The fourth-order valence-electron chi connectivity index (χ4n) is 3.40. The quantitative estimate of drug-likeness (QED) is 0.784. The Hall–Kier alpha value is -0.540. The Morgan fingerprint density at radius 1 is 1.17 bits per heavy atom. The van der Waals surface area contributed by atoms with E-state index in [1.807, 2.05) is 0 Å². The van der Waals surface area contributed by atoms with Crippen LogP contribution >= 0.6 is 15.9 Å². The van der Waals surface area contributed by atoms with Gasteiger partial charge in [0.05, 0.1) is 0 Å². The van der Waals surface area contributed by atoms with E-state index in [1.54, 1.807) is 0 Å². The van der Waals surface area contributed by atoms with Crippen molar-refractivity contribution in [3.63, 3.8) is 0 Å². The number of rotatable bonds is 1. The minimum atomic E-state index is 0.788. The van der Waals surface area contributed by atoms with Crippen LogP contribution in [0.2, 0.25) is 0 Å². The van der Waals surface area contributed by atoms with Crippen molar-refractivity contribution in [3.8, 4) is 0 Å². The largest absolute Gasteiger partial charge is 0.370 e. The molecule has 2 nitrogen and oxygen atoms in total. The molecule has 2 aliphatic rings. The summed E-state index contributed by atoms with van der Waals surface area (Å²) in [5.74, 6) is 0. The Bertz CT molecular complexity index is 433. The molecule has 2 heterocycles. The van der Waals surface area contributed by atoms with Gasteiger partial charge in [0.25, 0.3) is 0 Å². The zero-order valence-corrected chi connectivity index (χ0v) is 12.6. The molecule has 1 aromatic carbocycles. The number of fused-ring (bicyclic) bond motifs is 1. The molecule has 3 rings (SSSR count). The molecule has 0 bridgehead atoms. The Labute approximate surface area is 118 Å². The van der Waals surface area contributed by atoms with Crippen molar-refractivity contribution in [2.24, 2.45) is 0 Å². The number of hydrogen-bond acceptors (Lipinski definition) is 2. The summed E-state index contributed by atoms with van der Waals surface area (Å²) in [5, 5.41) is 0. The molecule has 1 aromatic rings. The number of hydrogen-bond donors (Lipinski definition) is 0. The standard InChI is InChI=1S/C15H21BrN2/c1-12-10-13(16)5-6-15(12)18-9-3-8-17-7-2-4-14(17)11-18/h5-6,10,14H,2-4,7-9,11H2,1H3. The van der Waals surface area contributed by atoms with Gasteiger partial charge in [-0.3, -0.25) is 4.90 Å². The third-order valence-corrected chi connectivity index (χ3v) is 4.80. The van der Waals surface area contributed by atoms with Gasteiger partial charge in [-0.15, -0.1) is 0 Å². The van der Waals surface area contributed by atoms with Gasteiger partial charge in [-0.25, -0.2) is 0 Å². The van der Waals surface area contributed by atoms with Gasteiger partial charge >= 0.3 is 0 Å². The van der Waals surface area contributed by atoms with Crippen LogP contribution < -0.4 is 4.90 Å². The van der Waals surface area contributed by atoms with Crippen LogP contribution in [0, 0.1) is 6.92 Å². The summed E-state index contributed by atoms with van der Waals surface area (Å²) in [7, 11) is 0. The Kier molecular flexibility index (Phi) is 3.62. The highest BCUT2D eigenvalue weighted by molar-refractivity contribution is 9.10. The maximum Gasteiger partial charge on any atom is 0.0397 e. The fourth-order valence-corrected chi connectivity index (χ4v) is 3.87. The van der Waals surface area contributed by atoms with E-state index >= 15 is 0 Å². The molecule has 0 aromatic heterocycles. The second-order valence-corrected chi connectivity index (χ2v) is 6.48. The van der Waals surface area contributed by atoms with Gasteiger partial charge in [0.1, 0.15) is 0 Å². The normalized spacial score (nSPS) is 25.0. The van der Waals surface area contributed by atoms with Crippen LogP contribution in [0.25, 0.3) is 0 Å². The summed E-state index contributed by atoms with van der Waals surface area (Å²) in [5.41, 5.74) is 2.81. The van der Waals surface area contributed by atoms with E-state index in [2.05, 4.69) is 50.9 Å². The Balaban J connectivity index is 1.82. The fraction of sp³-hybridized carbons (Fsp3) is 0.600. The van der Waals surface area contributed by atoms with Crippen LogP contribution in [-0.4, -0.2) is 37.1 Å². The van der Waals surface area contributed by atoms with Gasteiger partial charge in [-0.2, -0.15) is 0 Å². The van der Waals surface area contributed by atoms with Gasteiger partial charge < -0.3 is 4.90 Å². The highest BCUT2D eigenvalue weighted by Gasteiger charge is 2.29.